The van der Waals surface area contributed by atoms with Gasteiger partial charge in [0.05, 0.1) is 0 Å². The van der Waals surface area contributed by atoms with Crippen molar-refractivity contribution in [1.82, 2.24) is 10.9 Å². The second kappa shape index (κ2) is 6.49. The van der Waals surface area contributed by atoms with Crippen LogP contribution in [0, 0.1) is 0 Å². The Morgan fingerprint density at radius 1 is 1.28 bits per heavy atom. The van der Waals surface area contributed by atoms with Gasteiger partial charge >= 0.3 is 6.09 Å². The Morgan fingerprint density at radius 3 is 2.83 bits per heavy atom. The third-order valence-corrected chi connectivity index (χ3v) is 2.55. The van der Waals surface area contributed by atoms with Gasteiger partial charge in [-0.25, -0.2) is 10.2 Å². The predicted molar refractivity (Wildman–Crippen MR) is 69.4 cm³/mol. The van der Waals surface area contributed by atoms with Gasteiger partial charge in [-0.2, -0.15) is 0 Å². The molecule has 0 atom stereocenters. The van der Waals surface area contributed by atoms with Gasteiger partial charge in [0.25, 0.3) is 0 Å². The normalized spacial score (nSPS) is 13.7. The van der Waals surface area contributed by atoms with Crippen molar-refractivity contribution in [3.05, 3.63) is 59.8 Å². The molecule has 18 heavy (non-hydrogen) atoms. The Bertz CT molecular complexity index is 452. The number of amides is 1. The van der Waals surface area contributed by atoms with Crippen LogP contribution in [0.25, 0.3) is 0 Å². The summed E-state index contributed by atoms with van der Waals surface area (Å²) in [7, 11) is 0. The zero-order chi connectivity index (χ0) is 12.6. The first kappa shape index (κ1) is 12.2. The fourth-order valence-corrected chi connectivity index (χ4v) is 1.60. The average Bonchev–Trinajstić information content (AvgIpc) is 2.45. The molecular weight excluding hydrogens is 228 g/mol. The maximum Gasteiger partial charge on any atom is 0.426 e. The highest BCUT2D eigenvalue weighted by molar-refractivity contribution is 5.66. The van der Waals surface area contributed by atoms with Gasteiger partial charge in [0.2, 0.25) is 0 Å². The standard InChI is InChI=1S/C14H16N2O2/c17-14(16-15-13-9-5-2-6-10-13)18-11-12-7-3-1-4-8-12/h1-5,7-9,15H,6,10-11H2,(H,16,17). The summed E-state index contributed by atoms with van der Waals surface area (Å²) in [4.78, 5) is 11.4. The molecule has 1 aromatic carbocycles. The summed E-state index contributed by atoms with van der Waals surface area (Å²) < 4.78 is 5.06. The maximum absolute atomic E-state index is 11.4. The summed E-state index contributed by atoms with van der Waals surface area (Å²) in [5.74, 6) is 0. The number of carbonyl (C=O) groups excluding carboxylic acids is 1. The molecule has 0 heterocycles. The number of carbonyl (C=O) groups is 1. The van der Waals surface area contributed by atoms with E-state index in [1.165, 1.54) is 0 Å². The van der Waals surface area contributed by atoms with Gasteiger partial charge in [0.15, 0.2) is 0 Å². The van der Waals surface area contributed by atoms with E-state index in [1.807, 2.05) is 42.5 Å². The number of rotatable bonds is 4. The molecule has 2 N–H and O–H groups in total. The maximum atomic E-state index is 11.4. The molecule has 0 fully saturated rings. The van der Waals surface area contributed by atoms with Crippen molar-refractivity contribution < 1.29 is 9.53 Å². The van der Waals surface area contributed by atoms with E-state index in [2.05, 4.69) is 16.9 Å². The number of allylic oxidation sites excluding steroid dienone is 4. The van der Waals surface area contributed by atoms with Crippen LogP contribution in [0.4, 0.5) is 4.79 Å². The number of ether oxygens (including phenoxy) is 1. The summed E-state index contributed by atoms with van der Waals surface area (Å²) in [6, 6.07) is 9.57. The van der Waals surface area contributed by atoms with E-state index in [4.69, 9.17) is 4.74 Å². The minimum Gasteiger partial charge on any atom is -0.443 e. The minimum atomic E-state index is -0.477. The van der Waals surface area contributed by atoms with Crippen molar-refractivity contribution in [1.29, 1.82) is 0 Å². The number of hydrazine groups is 1. The zero-order valence-electron chi connectivity index (χ0n) is 10.1. The van der Waals surface area contributed by atoms with Crippen molar-refractivity contribution >= 4 is 6.09 Å². The van der Waals surface area contributed by atoms with E-state index < -0.39 is 6.09 Å². The van der Waals surface area contributed by atoms with Crippen LogP contribution < -0.4 is 10.9 Å². The predicted octanol–water partition coefficient (Wildman–Crippen LogP) is 2.65. The summed E-state index contributed by atoms with van der Waals surface area (Å²) in [5, 5.41) is 0. The van der Waals surface area contributed by atoms with Crippen LogP contribution in [0.15, 0.2) is 54.3 Å². The van der Waals surface area contributed by atoms with E-state index >= 15 is 0 Å². The second-order valence-corrected chi connectivity index (χ2v) is 3.97. The molecule has 4 nitrogen and oxygen atoms in total. The molecule has 0 spiro atoms. The molecule has 0 saturated carbocycles. The number of hydrogen-bond donors (Lipinski definition) is 2. The van der Waals surface area contributed by atoms with Crippen molar-refractivity contribution in [3.63, 3.8) is 0 Å². The van der Waals surface area contributed by atoms with Gasteiger partial charge in [0, 0.05) is 5.70 Å². The molecule has 0 aliphatic heterocycles. The van der Waals surface area contributed by atoms with E-state index in [-0.39, 0.29) is 6.61 Å². The SMILES string of the molecule is O=C(NNC1=CC=CCC1)OCc1ccccc1. The number of nitrogens with one attached hydrogen (secondary N) is 2. The first-order valence-electron chi connectivity index (χ1n) is 5.93. The molecule has 94 valence electrons. The molecule has 0 radical (unpaired) electrons. The van der Waals surface area contributed by atoms with Crippen LogP contribution in [0.5, 0.6) is 0 Å². The highest BCUT2D eigenvalue weighted by Gasteiger charge is 2.03. The molecule has 1 amide bonds. The third-order valence-electron chi connectivity index (χ3n) is 2.55. The molecule has 0 bridgehead atoms. The monoisotopic (exact) mass is 244 g/mol. The fourth-order valence-electron chi connectivity index (χ4n) is 1.60. The second-order valence-electron chi connectivity index (χ2n) is 3.97. The Morgan fingerprint density at radius 2 is 2.11 bits per heavy atom. The molecule has 0 saturated heterocycles. The number of hydrogen-bond acceptors (Lipinski definition) is 3. The summed E-state index contributed by atoms with van der Waals surface area (Å²) in [6.45, 7) is 0.271. The summed E-state index contributed by atoms with van der Waals surface area (Å²) in [5.41, 5.74) is 7.30. The summed E-state index contributed by atoms with van der Waals surface area (Å²) >= 11 is 0. The molecule has 0 aromatic heterocycles. The zero-order valence-corrected chi connectivity index (χ0v) is 10.1. The summed E-state index contributed by atoms with van der Waals surface area (Å²) in [6.07, 6.45) is 7.38. The van der Waals surface area contributed by atoms with E-state index in [0.29, 0.717) is 0 Å². The van der Waals surface area contributed by atoms with Crippen LogP contribution in [0.3, 0.4) is 0 Å². The van der Waals surface area contributed by atoms with Crippen molar-refractivity contribution in [3.8, 4) is 0 Å². The molecule has 1 aromatic rings. The molecule has 2 rings (SSSR count). The quantitative estimate of drug-likeness (QED) is 0.800. The molecular formula is C14H16N2O2. The van der Waals surface area contributed by atoms with Crippen LogP contribution in [0.2, 0.25) is 0 Å². The van der Waals surface area contributed by atoms with E-state index in [1.54, 1.807) is 0 Å². The van der Waals surface area contributed by atoms with Gasteiger partial charge in [-0.3, -0.25) is 5.43 Å². The van der Waals surface area contributed by atoms with Gasteiger partial charge in [0.1, 0.15) is 6.61 Å². The van der Waals surface area contributed by atoms with Gasteiger partial charge < -0.3 is 4.74 Å². The Balaban J connectivity index is 1.69. The topological polar surface area (TPSA) is 50.4 Å². The molecule has 1 aliphatic carbocycles. The van der Waals surface area contributed by atoms with Crippen LogP contribution in [0.1, 0.15) is 18.4 Å². The molecule has 0 unspecified atom stereocenters. The Labute approximate surface area is 106 Å². The van der Waals surface area contributed by atoms with E-state index in [0.717, 1.165) is 24.1 Å². The van der Waals surface area contributed by atoms with Gasteiger partial charge in [-0.05, 0) is 24.5 Å². The lowest BCUT2D eigenvalue weighted by Crippen LogP contribution is -2.37. The highest BCUT2D eigenvalue weighted by Crippen LogP contribution is 2.07. The first-order valence-corrected chi connectivity index (χ1v) is 5.93. The van der Waals surface area contributed by atoms with Crippen molar-refractivity contribution in [2.75, 3.05) is 0 Å². The lowest BCUT2D eigenvalue weighted by molar-refractivity contribution is 0.136. The van der Waals surface area contributed by atoms with Crippen LogP contribution >= 0.6 is 0 Å². The van der Waals surface area contributed by atoms with Gasteiger partial charge in [-0.1, -0.05) is 42.5 Å². The fraction of sp³-hybridized carbons (Fsp3) is 0.214. The Hall–Kier alpha value is -2.23. The lowest BCUT2D eigenvalue weighted by Gasteiger charge is -2.13. The van der Waals surface area contributed by atoms with Crippen molar-refractivity contribution in [2.45, 2.75) is 19.4 Å². The number of benzene rings is 1. The largest absolute Gasteiger partial charge is 0.443 e. The van der Waals surface area contributed by atoms with Crippen molar-refractivity contribution in [2.24, 2.45) is 0 Å². The lowest BCUT2D eigenvalue weighted by atomic mass is 10.1. The van der Waals surface area contributed by atoms with E-state index in [9.17, 15) is 4.79 Å². The Kier molecular flexibility index (Phi) is 4.41. The average molecular weight is 244 g/mol. The molecule has 4 heteroatoms. The minimum absolute atomic E-state index is 0.271. The van der Waals surface area contributed by atoms with Crippen LogP contribution in [-0.4, -0.2) is 6.09 Å². The van der Waals surface area contributed by atoms with Gasteiger partial charge in [-0.15, -0.1) is 0 Å². The van der Waals surface area contributed by atoms with Crippen LogP contribution in [-0.2, 0) is 11.3 Å². The highest BCUT2D eigenvalue weighted by atomic mass is 16.6. The molecule has 1 aliphatic rings. The third kappa shape index (κ3) is 3.97. The first-order chi connectivity index (χ1) is 8.84. The smallest absolute Gasteiger partial charge is 0.426 e.